The van der Waals surface area contributed by atoms with Crippen LogP contribution in [0.25, 0.3) is 0 Å². The fourth-order valence-corrected chi connectivity index (χ4v) is 2.47. The molecule has 0 saturated heterocycles. The number of carbonyl (C=O) groups is 1. The molecule has 1 heterocycles. The predicted molar refractivity (Wildman–Crippen MR) is 94.3 cm³/mol. The molecule has 0 bridgehead atoms. The third kappa shape index (κ3) is 4.52. The summed E-state index contributed by atoms with van der Waals surface area (Å²) < 4.78 is 5.19. The van der Waals surface area contributed by atoms with Crippen molar-refractivity contribution >= 4 is 11.8 Å². The lowest BCUT2D eigenvalue weighted by atomic mass is 10.2. The number of amides is 1. The molecule has 124 valence electrons. The molecule has 2 aromatic carbocycles. The van der Waals surface area contributed by atoms with Gasteiger partial charge in [0.1, 0.15) is 6.61 Å². The Labute approximate surface area is 142 Å². The molecule has 0 atom stereocenters. The van der Waals surface area contributed by atoms with Crippen LogP contribution >= 0.6 is 0 Å². The molecule has 5 nitrogen and oxygen atoms in total. The maximum absolute atomic E-state index is 11.7. The molecule has 1 amide bonds. The monoisotopic (exact) mass is 323 g/mol. The molecule has 24 heavy (non-hydrogen) atoms. The molecule has 0 unspecified atom stereocenters. The van der Waals surface area contributed by atoms with E-state index in [2.05, 4.69) is 27.2 Å². The molecule has 1 N–H and O–H groups in total. The van der Waals surface area contributed by atoms with Gasteiger partial charge < -0.3 is 19.9 Å². The van der Waals surface area contributed by atoms with Crippen LogP contribution in [-0.2, 0) is 11.3 Å². The van der Waals surface area contributed by atoms with Crippen molar-refractivity contribution in [3.05, 3.63) is 78.6 Å². The molecule has 2 aromatic rings. The Morgan fingerprint density at radius 3 is 2.46 bits per heavy atom. The van der Waals surface area contributed by atoms with Gasteiger partial charge in [-0.15, -0.1) is 0 Å². The van der Waals surface area contributed by atoms with Crippen LogP contribution in [-0.4, -0.2) is 30.8 Å². The largest absolute Gasteiger partial charge is 0.445 e. The van der Waals surface area contributed by atoms with Crippen molar-refractivity contribution in [1.29, 1.82) is 0 Å². The lowest BCUT2D eigenvalue weighted by Crippen LogP contribution is -2.34. The number of ether oxygens (including phenoxy) is 1. The van der Waals surface area contributed by atoms with Gasteiger partial charge in [-0.3, -0.25) is 0 Å². The second-order valence-electron chi connectivity index (χ2n) is 5.55. The maximum Gasteiger partial charge on any atom is 0.407 e. The van der Waals surface area contributed by atoms with Crippen LogP contribution in [0.1, 0.15) is 5.56 Å². The zero-order valence-corrected chi connectivity index (χ0v) is 13.5. The average molecular weight is 323 g/mol. The molecule has 1 aliphatic rings. The highest BCUT2D eigenvalue weighted by molar-refractivity contribution is 5.67. The minimum absolute atomic E-state index is 0.290. The van der Waals surface area contributed by atoms with Gasteiger partial charge in [-0.05, 0) is 17.7 Å². The van der Waals surface area contributed by atoms with E-state index in [4.69, 9.17) is 4.74 Å². The number of para-hydroxylation sites is 1. The summed E-state index contributed by atoms with van der Waals surface area (Å²) in [7, 11) is 0. The predicted octanol–water partition coefficient (Wildman–Crippen LogP) is 3.16. The molecule has 1 aliphatic heterocycles. The van der Waals surface area contributed by atoms with Gasteiger partial charge >= 0.3 is 6.09 Å². The van der Waals surface area contributed by atoms with Gasteiger partial charge in [-0.1, -0.05) is 48.5 Å². The number of alkyl carbamates (subject to hydrolysis) is 1. The first-order valence-corrected chi connectivity index (χ1v) is 8.00. The van der Waals surface area contributed by atoms with E-state index in [1.807, 2.05) is 60.9 Å². The van der Waals surface area contributed by atoms with Gasteiger partial charge in [-0.2, -0.15) is 0 Å². The molecule has 0 saturated carbocycles. The lowest BCUT2D eigenvalue weighted by molar-refractivity contribution is 0.139. The number of anilines is 1. The van der Waals surface area contributed by atoms with Crippen molar-refractivity contribution in [2.45, 2.75) is 6.61 Å². The van der Waals surface area contributed by atoms with E-state index in [0.29, 0.717) is 6.54 Å². The number of hydrogen-bond acceptors (Lipinski definition) is 4. The Kier molecular flexibility index (Phi) is 5.35. The summed E-state index contributed by atoms with van der Waals surface area (Å²) in [6.45, 7) is 2.35. The molecule has 0 aliphatic carbocycles. The maximum atomic E-state index is 11.7. The number of benzene rings is 2. The first kappa shape index (κ1) is 15.9. The molecule has 5 heteroatoms. The molecular formula is C19H21N3O2. The Balaban J connectivity index is 1.34. The second kappa shape index (κ2) is 8.06. The van der Waals surface area contributed by atoms with E-state index < -0.39 is 0 Å². The summed E-state index contributed by atoms with van der Waals surface area (Å²) in [5.74, 6) is 0. The fourth-order valence-electron chi connectivity index (χ4n) is 2.47. The summed E-state index contributed by atoms with van der Waals surface area (Å²) in [6.07, 6.45) is 3.69. The quantitative estimate of drug-likeness (QED) is 0.887. The van der Waals surface area contributed by atoms with E-state index in [1.165, 1.54) is 0 Å². The van der Waals surface area contributed by atoms with E-state index in [0.717, 1.165) is 24.5 Å². The zero-order chi connectivity index (χ0) is 16.6. The van der Waals surface area contributed by atoms with Crippen molar-refractivity contribution in [1.82, 2.24) is 10.2 Å². The summed E-state index contributed by atoms with van der Waals surface area (Å²) in [5.41, 5.74) is 2.14. The number of rotatable bonds is 6. The first-order valence-electron chi connectivity index (χ1n) is 8.00. The van der Waals surface area contributed by atoms with Crippen molar-refractivity contribution in [2.75, 3.05) is 24.7 Å². The van der Waals surface area contributed by atoms with Gasteiger partial charge in [0.05, 0.1) is 6.67 Å². The molecule has 3 rings (SSSR count). The van der Waals surface area contributed by atoms with Gasteiger partial charge in [0.25, 0.3) is 0 Å². The van der Waals surface area contributed by atoms with E-state index in [-0.39, 0.29) is 12.7 Å². The number of nitrogens with zero attached hydrogens (tertiary/aromatic N) is 2. The van der Waals surface area contributed by atoms with E-state index >= 15 is 0 Å². The molecule has 0 aromatic heterocycles. The summed E-state index contributed by atoms with van der Waals surface area (Å²) in [6, 6.07) is 19.9. The summed E-state index contributed by atoms with van der Waals surface area (Å²) in [4.78, 5) is 16.0. The number of nitrogens with one attached hydrogen (secondary N) is 1. The van der Waals surface area contributed by atoms with Crippen LogP contribution in [0, 0.1) is 0 Å². The van der Waals surface area contributed by atoms with Crippen LogP contribution in [0.3, 0.4) is 0 Å². The fraction of sp³-hybridized carbons (Fsp3) is 0.211. The zero-order valence-electron chi connectivity index (χ0n) is 13.5. The van der Waals surface area contributed by atoms with Crippen LogP contribution in [0.2, 0.25) is 0 Å². The third-order valence-corrected chi connectivity index (χ3v) is 3.76. The van der Waals surface area contributed by atoms with Crippen LogP contribution < -0.4 is 10.2 Å². The van der Waals surface area contributed by atoms with Crippen molar-refractivity contribution in [3.8, 4) is 0 Å². The summed E-state index contributed by atoms with van der Waals surface area (Å²) >= 11 is 0. The average Bonchev–Trinajstić information content (AvgIpc) is 3.11. The molecule has 0 radical (unpaired) electrons. The standard InChI is InChI=1S/C19H21N3O2/c23-19(24-15-17-7-3-1-4-8-17)20-11-12-21-13-14-22(16-21)18-9-5-2-6-10-18/h1-10,13-14H,11-12,15-16H2,(H,20,23). The Morgan fingerprint density at radius 1 is 1.00 bits per heavy atom. The second-order valence-corrected chi connectivity index (χ2v) is 5.55. The minimum atomic E-state index is -0.387. The molecular weight excluding hydrogens is 302 g/mol. The third-order valence-electron chi connectivity index (χ3n) is 3.76. The van der Waals surface area contributed by atoms with Crippen molar-refractivity contribution in [2.24, 2.45) is 0 Å². The highest BCUT2D eigenvalue weighted by Crippen LogP contribution is 2.17. The highest BCUT2D eigenvalue weighted by atomic mass is 16.5. The van der Waals surface area contributed by atoms with Crippen LogP contribution in [0.15, 0.2) is 73.1 Å². The van der Waals surface area contributed by atoms with E-state index in [1.54, 1.807) is 0 Å². The lowest BCUT2D eigenvalue weighted by Gasteiger charge is -2.21. The van der Waals surface area contributed by atoms with Crippen LogP contribution in [0.5, 0.6) is 0 Å². The van der Waals surface area contributed by atoms with Gasteiger partial charge in [0.15, 0.2) is 0 Å². The van der Waals surface area contributed by atoms with Gasteiger partial charge in [-0.25, -0.2) is 4.79 Å². The normalized spacial score (nSPS) is 13.2. The Morgan fingerprint density at radius 2 is 1.71 bits per heavy atom. The number of hydrogen-bond donors (Lipinski definition) is 1. The van der Waals surface area contributed by atoms with E-state index in [9.17, 15) is 4.79 Å². The van der Waals surface area contributed by atoms with Gasteiger partial charge in [0, 0.05) is 31.2 Å². The molecule has 0 fully saturated rings. The smallest absolute Gasteiger partial charge is 0.407 e. The SMILES string of the molecule is O=C(NCCN1C=CN(c2ccccc2)C1)OCc1ccccc1. The van der Waals surface area contributed by atoms with Gasteiger partial charge in [0.2, 0.25) is 0 Å². The molecule has 0 spiro atoms. The number of carbonyl (C=O) groups excluding carboxylic acids is 1. The van der Waals surface area contributed by atoms with Crippen LogP contribution in [0.4, 0.5) is 10.5 Å². The topological polar surface area (TPSA) is 44.8 Å². The first-order chi connectivity index (χ1) is 11.8. The summed E-state index contributed by atoms with van der Waals surface area (Å²) in [5, 5.41) is 2.78. The minimum Gasteiger partial charge on any atom is -0.445 e. The highest BCUT2D eigenvalue weighted by Gasteiger charge is 2.13. The Bertz CT molecular complexity index is 674. The van der Waals surface area contributed by atoms with Crippen molar-refractivity contribution < 1.29 is 9.53 Å². The Hall–Kier alpha value is -2.95. The van der Waals surface area contributed by atoms with Crippen molar-refractivity contribution in [3.63, 3.8) is 0 Å².